The van der Waals surface area contributed by atoms with E-state index in [4.69, 9.17) is 9.84 Å². The number of ether oxygens (including phenoxy) is 1. The molecule has 1 aromatic heterocycles. The molecule has 0 aliphatic carbocycles. The minimum Gasteiger partial charge on any atom is -0.356 e. The molecular formula is C26H21FN4O2. The molecule has 0 saturated carbocycles. The van der Waals surface area contributed by atoms with Crippen molar-refractivity contribution in [1.29, 1.82) is 5.26 Å². The van der Waals surface area contributed by atoms with Crippen LogP contribution in [-0.4, -0.2) is 22.8 Å². The number of amides is 1. The second-order valence-corrected chi connectivity index (χ2v) is 7.96. The van der Waals surface area contributed by atoms with E-state index in [1.165, 1.54) is 17.0 Å². The molecule has 0 bridgehead atoms. The number of nitrogens with zero attached hydrogens (tertiary/aromatic N) is 4. The maximum Gasteiger partial charge on any atom is 0.218 e. The Kier molecular flexibility index (Phi) is 5.59. The van der Waals surface area contributed by atoms with Gasteiger partial charge in [-0.15, -0.1) is 0 Å². The largest absolute Gasteiger partial charge is 0.356 e. The number of aromatic nitrogens is 2. The van der Waals surface area contributed by atoms with Gasteiger partial charge in [0.25, 0.3) is 0 Å². The minimum atomic E-state index is -0.367. The van der Waals surface area contributed by atoms with E-state index in [2.05, 4.69) is 6.07 Å². The number of hydrogen-bond donors (Lipinski definition) is 0. The monoisotopic (exact) mass is 440 g/mol. The second-order valence-electron chi connectivity index (χ2n) is 7.96. The molecule has 0 radical (unpaired) electrons. The first-order valence-electron chi connectivity index (χ1n) is 10.8. The third-order valence-corrected chi connectivity index (χ3v) is 5.87. The van der Waals surface area contributed by atoms with Crippen LogP contribution in [0.3, 0.4) is 0 Å². The summed E-state index contributed by atoms with van der Waals surface area (Å²) in [6.07, 6.45) is 3.52. The van der Waals surface area contributed by atoms with Crippen molar-refractivity contribution < 1.29 is 13.9 Å². The van der Waals surface area contributed by atoms with Crippen LogP contribution in [0, 0.1) is 17.1 Å². The maximum atomic E-state index is 13.4. The van der Waals surface area contributed by atoms with Crippen molar-refractivity contribution in [3.63, 3.8) is 0 Å². The summed E-state index contributed by atoms with van der Waals surface area (Å²) in [4.78, 5) is 13.4. The Hall–Kier alpha value is -4.02. The van der Waals surface area contributed by atoms with Crippen LogP contribution < -0.4 is 4.90 Å². The van der Waals surface area contributed by atoms with Crippen LogP contribution in [0.4, 0.5) is 15.8 Å². The fraction of sp³-hybridized carbons (Fsp3) is 0.192. The first-order chi connectivity index (χ1) is 16.2. The SMILES string of the molecule is N#Cc1ccc2c(c1)c(-c1cccc(N(C=O)c3ccc(F)cc3)c1)nn2C1CCCCO1. The standard InChI is InChI=1S/C26H21FN4O2/c27-20-8-10-21(11-9-20)30(17-32)22-5-3-4-19(15-22)26-23-14-18(16-28)7-12-24(23)31(29-26)25-6-1-2-13-33-25/h3-5,7-12,14-15,17,25H,1-2,6,13H2. The average Bonchev–Trinajstić information content (AvgIpc) is 3.25. The van der Waals surface area contributed by atoms with E-state index < -0.39 is 0 Å². The van der Waals surface area contributed by atoms with Crippen LogP contribution in [0.25, 0.3) is 22.2 Å². The number of benzene rings is 3. The van der Waals surface area contributed by atoms with Crippen LogP contribution in [0.15, 0.2) is 66.7 Å². The molecule has 1 aliphatic rings. The molecule has 2 heterocycles. The highest BCUT2D eigenvalue weighted by atomic mass is 19.1. The highest BCUT2D eigenvalue weighted by Gasteiger charge is 2.22. The number of anilines is 2. The minimum absolute atomic E-state index is 0.156. The Balaban J connectivity index is 1.62. The van der Waals surface area contributed by atoms with Crippen molar-refractivity contribution in [1.82, 2.24) is 9.78 Å². The molecule has 1 atom stereocenters. The Morgan fingerprint density at radius 3 is 2.67 bits per heavy atom. The fourth-order valence-corrected chi connectivity index (χ4v) is 4.24. The summed E-state index contributed by atoms with van der Waals surface area (Å²) in [5.41, 5.74) is 4.14. The van der Waals surface area contributed by atoms with Gasteiger partial charge in [-0.2, -0.15) is 10.4 Å². The molecule has 1 saturated heterocycles. The number of nitriles is 1. The fourth-order valence-electron chi connectivity index (χ4n) is 4.24. The number of rotatable bonds is 5. The Labute approximate surface area is 190 Å². The van der Waals surface area contributed by atoms with E-state index in [1.54, 1.807) is 18.2 Å². The lowest BCUT2D eigenvalue weighted by atomic mass is 10.0. The van der Waals surface area contributed by atoms with Gasteiger partial charge in [-0.05, 0) is 73.9 Å². The van der Waals surface area contributed by atoms with Gasteiger partial charge in [-0.1, -0.05) is 12.1 Å². The zero-order valence-electron chi connectivity index (χ0n) is 17.8. The van der Waals surface area contributed by atoms with Crippen LogP contribution >= 0.6 is 0 Å². The number of hydrogen-bond acceptors (Lipinski definition) is 4. The summed E-state index contributed by atoms with van der Waals surface area (Å²) in [6, 6.07) is 20.9. The molecule has 164 valence electrons. The van der Waals surface area contributed by atoms with E-state index in [9.17, 15) is 14.4 Å². The topological polar surface area (TPSA) is 71.2 Å². The zero-order valence-corrected chi connectivity index (χ0v) is 17.8. The predicted molar refractivity (Wildman–Crippen MR) is 123 cm³/mol. The van der Waals surface area contributed by atoms with E-state index in [0.717, 1.165) is 35.7 Å². The predicted octanol–water partition coefficient (Wildman–Crippen LogP) is 5.71. The number of carbonyl (C=O) groups is 1. The molecule has 3 aromatic carbocycles. The van der Waals surface area contributed by atoms with Gasteiger partial charge in [0, 0.05) is 28.9 Å². The summed E-state index contributed by atoms with van der Waals surface area (Å²) >= 11 is 0. The molecule has 1 unspecified atom stereocenters. The first kappa shape index (κ1) is 20.9. The zero-order chi connectivity index (χ0) is 22.8. The second kappa shape index (κ2) is 8.85. The number of carbonyl (C=O) groups excluding carboxylic acids is 1. The number of fused-ring (bicyclic) bond motifs is 1. The van der Waals surface area contributed by atoms with Gasteiger partial charge >= 0.3 is 0 Å². The van der Waals surface area contributed by atoms with E-state index >= 15 is 0 Å². The lowest BCUT2D eigenvalue weighted by molar-refractivity contribution is -0.106. The molecular weight excluding hydrogens is 419 g/mol. The molecule has 0 spiro atoms. The molecule has 6 nitrogen and oxygen atoms in total. The van der Waals surface area contributed by atoms with Gasteiger partial charge in [0.2, 0.25) is 6.41 Å². The molecule has 1 fully saturated rings. The van der Waals surface area contributed by atoms with Gasteiger partial charge in [-0.3, -0.25) is 9.69 Å². The molecule has 33 heavy (non-hydrogen) atoms. The molecule has 7 heteroatoms. The number of halogens is 1. The summed E-state index contributed by atoms with van der Waals surface area (Å²) in [5.74, 6) is -0.367. The molecule has 4 aromatic rings. The summed E-state index contributed by atoms with van der Waals surface area (Å²) in [7, 11) is 0. The summed E-state index contributed by atoms with van der Waals surface area (Å²) in [5, 5.41) is 15.2. The highest BCUT2D eigenvalue weighted by molar-refractivity contribution is 5.96. The van der Waals surface area contributed by atoms with E-state index in [0.29, 0.717) is 35.6 Å². The lowest BCUT2D eigenvalue weighted by Gasteiger charge is -2.23. The van der Waals surface area contributed by atoms with Crippen molar-refractivity contribution in [3.8, 4) is 17.3 Å². The van der Waals surface area contributed by atoms with Crippen molar-refractivity contribution in [3.05, 3.63) is 78.1 Å². The van der Waals surface area contributed by atoms with Crippen LogP contribution in [-0.2, 0) is 9.53 Å². The van der Waals surface area contributed by atoms with E-state index in [1.807, 2.05) is 41.1 Å². The normalized spacial score (nSPS) is 15.8. The average molecular weight is 440 g/mol. The summed E-state index contributed by atoms with van der Waals surface area (Å²) < 4.78 is 21.2. The van der Waals surface area contributed by atoms with Crippen LogP contribution in [0.5, 0.6) is 0 Å². The van der Waals surface area contributed by atoms with Gasteiger partial charge < -0.3 is 4.74 Å². The van der Waals surface area contributed by atoms with Gasteiger partial charge in [-0.25, -0.2) is 9.07 Å². The highest BCUT2D eigenvalue weighted by Crippen LogP contribution is 2.35. The smallest absolute Gasteiger partial charge is 0.218 e. The quantitative estimate of drug-likeness (QED) is 0.373. The van der Waals surface area contributed by atoms with Crippen LogP contribution in [0.1, 0.15) is 31.1 Å². The maximum absolute atomic E-state index is 13.4. The Bertz CT molecular complexity index is 1350. The molecule has 1 aliphatic heterocycles. The van der Waals surface area contributed by atoms with Gasteiger partial charge in [0.15, 0.2) is 6.23 Å². The molecule has 5 rings (SSSR count). The third kappa shape index (κ3) is 3.97. The van der Waals surface area contributed by atoms with Gasteiger partial charge in [0.05, 0.1) is 17.1 Å². The van der Waals surface area contributed by atoms with Crippen molar-refractivity contribution in [2.24, 2.45) is 0 Å². The lowest BCUT2D eigenvalue weighted by Crippen LogP contribution is -2.19. The molecule has 1 amide bonds. The van der Waals surface area contributed by atoms with Gasteiger partial charge in [0.1, 0.15) is 11.5 Å². The Morgan fingerprint density at radius 2 is 1.94 bits per heavy atom. The van der Waals surface area contributed by atoms with Crippen molar-refractivity contribution >= 4 is 28.7 Å². The molecule has 0 N–H and O–H groups in total. The third-order valence-electron chi connectivity index (χ3n) is 5.87. The summed E-state index contributed by atoms with van der Waals surface area (Å²) in [6.45, 7) is 0.694. The van der Waals surface area contributed by atoms with Crippen molar-refractivity contribution in [2.45, 2.75) is 25.5 Å². The Morgan fingerprint density at radius 1 is 1.09 bits per heavy atom. The first-order valence-corrected chi connectivity index (χ1v) is 10.8. The van der Waals surface area contributed by atoms with E-state index in [-0.39, 0.29) is 12.0 Å². The van der Waals surface area contributed by atoms with Crippen LogP contribution in [0.2, 0.25) is 0 Å². The van der Waals surface area contributed by atoms with Crippen molar-refractivity contribution in [2.75, 3.05) is 11.5 Å².